The zero-order valence-electron chi connectivity index (χ0n) is 11.1. The number of fused-ring (bicyclic) bond motifs is 1. The van der Waals surface area contributed by atoms with Gasteiger partial charge in [0.2, 0.25) is 0 Å². The fourth-order valence-electron chi connectivity index (χ4n) is 2.71. The minimum atomic E-state index is -0.499. The predicted molar refractivity (Wildman–Crippen MR) is 76.6 cm³/mol. The summed E-state index contributed by atoms with van der Waals surface area (Å²) in [5, 5.41) is 0. The highest BCUT2D eigenvalue weighted by Gasteiger charge is 2.20. The lowest BCUT2D eigenvalue weighted by atomic mass is 10.0. The Morgan fingerprint density at radius 3 is 2.60 bits per heavy atom. The van der Waals surface area contributed by atoms with E-state index in [4.69, 9.17) is 5.73 Å². The van der Waals surface area contributed by atoms with E-state index in [0.717, 1.165) is 25.1 Å². The number of nitrogens with zero attached hydrogens (tertiary/aromatic N) is 1. The average molecular weight is 274 g/mol. The fourth-order valence-corrected chi connectivity index (χ4v) is 2.71. The molecule has 0 atom stereocenters. The first kappa shape index (κ1) is 12.9. The molecule has 0 spiro atoms. The molecule has 1 aliphatic rings. The van der Waals surface area contributed by atoms with E-state index >= 15 is 0 Å². The van der Waals surface area contributed by atoms with Gasteiger partial charge in [-0.05, 0) is 42.7 Å². The van der Waals surface area contributed by atoms with Crippen LogP contribution in [0.2, 0.25) is 0 Å². The molecule has 0 unspecified atom stereocenters. The van der Waals surface area contributed by atoms with Crippen LogP contribution in [-0.4, -0.2) is 6.54 Å². The predicted octanol–water partition coefficient (Wildman–Crippen LogP) is 3.50. The molecule has 3 rings (SSSR count). The van der Waals surface area contributed by atoms with Gasteiger partial charge in [0.05, 0.1) is 0 Å². The summed E-state index contributed by atoms with van der Waals surface area (Å²) in [6.07, 6.45) is 1.96. The zero-order chi connectivity index (χ0) is 14.1. The van der Waals surface area contributed by atoms with E-state index in [1.165, 1.54) is 23.8 Å². The van der Waals surface area contributed by atoms with E-state index in [0.29, 0.717) is 5.69 Å². The molecule has 2 N–H and O–H groups in total. The van der Waals surface area contributed by atoms with Crippen molar-refractivity contribution >= 4 is 11.4 Å². The number of nitrogen functional groups attached to an aromatic ring is 1. The summed E-state index contributed by atoms with van der Waals surface area (Å²) in [6, 6.07) is 9.72. The third kappa shape index (κ3) is 2.33. The molecule has 20 heavy (non-hydrogen) atoms. The maximum absolute atomic E-state index is 13.8. The minimum absolute atomic E-state index is 0.114. The molecule has 0 amide bonds. The normalized spacial score (nSPS) is 14.2. The van der Waals surface area contributed by atoms with Gasteiger partial charge in [-0.1, -0.05) is 12.1 Å². The van der Waals surface area contributed by atoms with Gasteiger partial charge in [0.25, 0.3) is 0 Å². The molecule has 0 fully saturated rings. The molecule has 2 aromatic carbocycles. The van der Waals surface area contributed by atoms with Crippen molar-refractivity contribution < 1.29 is 8.78 Å². The Hall–Kier alpha value is -2.10. The number of aryl methyl sites for hydroxylation is 1. The molecular formula is C16H16F2N2. The van der Waals surface area contributed by atoms with Gasteiger partial charge in [0.15, 0.2) is 0 Å². The zero-order valence-corrected chi connectivity index (χ0v) is 11.1. The van der Waals surface area contributed by atoms with E-state index in [2.05, 4.69) is 0 Å². The third-order valence-corrected chi connectivity index (χ3v) is 3.73. The quantitative estimate of drug-likeness (QED) is 0.849. The second kappa shape index (κ2) is 5.12. The SMILES string of the molecule is Nc1ccc2c(c1)N(Cc1c(F)cccc1F)CCC2. The Kier molecular flexibility index (Phi) is 3.30. The molecule has 4 heteroatoms. The summed E-state index contributed by atoms with van der Waals surface area (Å²) >= 11 is 0. The highest BCUT2D eigenvalue weighted by molar-refractivity contribution is 5.62. The molecule has 1 heterocycles. The fraction of sp³-hybridized carbons (Fsp3) is 0.250. The van der Waals surface area contributed by atoms with Gasteiger partial charge < -0.3 is 10.6 Å². The van der Waals surface area contributed by atoms with Crippen molar-refractivity contribution in [1.29, 1.82) is 0 Å². The van der Waals surface area contributed by atoms with Crippen LogP contribution in [0, 0.1) is 11.6 Å². The van der Waals surface area contributed by atoms with Crippen LogP contribution in [0.1, 0.15) is 17.5 Å². The largest absolute Gasteiger partial charge is 0.399 e. The van der Waals surface area contributed by atoms with Gasteiger partial charge in [-0.2, -0.15) is 0 Å². The maximum atomic E-state index is 13.8. The third-order valence-electron chi connectivity index (χ3n) is 3.73. The maximum Gasteiger partial charge on any atom is 0.131 e. The van der Waals surface area contributed by atoms with Crippen molar-refractivity contribution in [1.82, 2.24) is 0 Å². The summed E-state index contributed by atoms with van der Waals surface area (Å²) in [6.45, 7) is 1.01. The van der Waals surface area contributed by atoms with Crippen molar-refractivity contribution in [2.75, 3.05) is 17.2 Å². The lowest BCUT2D eigenvalue weighted by Gasteiger charge is -2.31. The Bertz CT molecular complexity index is 620. The van der Waals surface area contributed by atoms with E-state index in [1.807, 2.05) is 23.1 Å². The topological polar surface area (TPSA) is 29.3 Å². The van der Waals surface area contributed by atoms with Crippen LogP contribution >= 0.6 is 0 Å². The van der Waals surface area contributed by atoms with E-state index < -0.39 is 11.6 Å². The van der Waals surface area contributed by atoms with Gasteiger partial charge >= 0.3 is 0 Å². The number of hydrogen-bond acceptors (Lipinski definition) is 2. The average Bonchev–Trinajstić information content (AvgIpc) is 2.43. The van der Waals surface area contributed by atoms with Crippen LogP contribution in [0.25, 0.3) is 0 Å². The summed E-state index contributed by atoms with van der Waals surface area (Å²) in [7, 11) is 0. The van der Waals surface area contributed by atoms with E-state index in [1.54, 1.807) is 0 Å². The Morgan fingerprint density at radius 1 is 1.10 bits per heavy atom. The van der Waals surface area contributed by atoms with Crippen LogP contribution in [0.4, 0.5) is 20.2 Å². The number of nitrogens with two attached hydrogens (primary N) is 1. The lowest BCUT2D eigenvalue weighted by molar-refractivity contribution is 0.545. The minimum Gasteiger partial charge on any atom is -0.399 e. The summed E-state index contributed by atoms with van der Waals surface area (Å²) in [4.78, 5) is 2.00. The second-order valence-electron chi connectivity index (χ2n) is 5.11. The number of halogens is 2. The highest BCUT2D eigenvalue weighted by Crippen LogP contribution is 2.31. The second-order valence-corrected chi connectivity index (χ2v) is 5.11. The first-order valence-corrected chi connectivity index (χ1v) is 6.71. The van der Waals surface area contributed by atoms with Crippen LogP contribution in [-0.2, 0) is 13.0 Å². The molecule has 0 radical (unpaired) electrons. The molecule has 0 aromatic heterocycles. The van der Waals surface area contributed by atoms with Crippen molar-refractivity contribution in [3.8, 4) is 0 Å². The summed E-state index contributed by atoms with van der Waals surface area (Å²) in [5.41, 5.74) is 8.77. The molecule has 0 bridgehead atoms. The first-order chi connectivity index (χ1) is 9.65. The van der Waals surface area contributed by atoms with Gasteiger partial charge in [-0.15, -0.1) is 0 Å². The first-order valence-electron chi connectivity index (χ1n) is 6.71. The molecule has 104 valence electrons. The van der Waals surface area contributed by atoms with E-state index in [9.17, 15) is 8.78 Å². The molecule has 0 saturated heterocycles. The number of anilines is 2. The van der Waals surface area contributed by atoms with Crippen LogP contribution in [0.15, 0.2) is 36.4 Å². The lowest BCUT2D eigenvalue weighted by Crippen LogP contribution is -2.29. The smallest absolute Gasteiger partial charge is 0.131 e. The number of hydrogen-bond donors (Lipinski definition) is 1. The van der Waals surface area contributed by atoms with Crippen LogP contribution in [0.5, 0.6) is 0 Å². The van der Waals surface area contributed by atoms with Crippen molar-refractivity contribution in [3.05, 3.63) is 59.2 Å². The highest BCUT2D eigenvalue weighted by atomic mass is 19.1. The van der Waals surface area contributed by atoms with Crippen molar-refractivity contribution in [3.63, 3.8) is 0 Å². The van der Waals surface area contributed by atoms with Gasteiger partial charge in [0, 0.05) is 30.0 Å². The summed E-state index contributed by atoms with van der Waals surface area (Å²) < 4.78 is 27.5. The van der Waals surface area contributed by atoms with Crippen molar-refractivity contribution in [2.45, 2.75) is 19.4 Å². The van der Waals surface area contributed by atoms with Crippen LogP contribution < -0.4 is 10.6 Å². The van der Waals surface area contributed by atoms with Gasteiger partial charge in [-0.3, -0.25) is 0 Å². The van der Waals surface area contributed by atoms with Crippen molar-refractivity contribution in [2.24, 2.45) is 0 Å². The number of rotatable bonds is 2. The Balaban J connectivity index is 1.95. The van der Waals surface area contributed by atoms with Gasteiger partial charge in [0.1, 0.15) is 11.6 Å². The Labute approximate surface area is 116 Å². The van der Waals surface area contributed by atoms with E-state index in [-0.39, 0.29) is 12.1 Å². The molecule has 0 aliphatic carbocycles. The summed E-state index contributed by atoms with van der Waals surface area (Å²) in [5.74, 6) is -0.998. The molecule has 2 aromatic rings. The number of benzene rings is 2. The van der Waals surface area contributed by atoms with Gasteiger partial charge in [-0.25, -0.2) is 8.78 Å². The molecule has 0 saturated carbocycles. The molecular weight excluding hydrogens is 258 g/mol. The standard InChI is InChI=1S/C16H16F2N2/c17-14-4-1-5-15(18)13(14)10-20-8-2-3-11-6-7-12(19)9-16(11)20/h1,4-7,9H,2-3,8,10,19H2. The Morgan fingerprint density at radius 2 is 1.85 bits per heavy atom. The van der Waals surface area contributed by atoms with Crippen LogP contribution in [0.3, 0.4) is 0 Å². The molecule has 1 aliphatic heterocycles. The monoisotopic (exact) mass is 274 g/mol. The molecule has 2 nitrogen and oxygen atoms in total.